The van der Waals surface area contributed by atoms with E-state index in [1.165, 1.54) is 6.92 Å². The van der Waals surface area contributed by atoms with Crippen molar-refractivity contribution in [2.75, 3.05) is 19.6 Å². The second kappa shape index (κ2) is 9.38. The Bertz CT molecular complexity index is 508. The summed E-state index contributed by atoms with van der Waals surface area (Å²) in [6.45, 7) is 9.87. The van der Waals surface area contributed by atoms with Crippen molar-refractivity contribution in [2.45, 2.75) is 47.1 Å². The molecule has 0 saturated heterocycles. The van der Waals surface area contributed by atoms with Crippen molar-refractivity contribution in [1.29, 1.82) is 0 Å². The molecule has 0 saturated carbocycles. The number of rotatable bonds is 9. The molecule has 5 heteroatoms. The highest BCUT2D eigenvalue weighted by atomic mass is 16.2. The molecule has 0 unspecified atom stereocenters. The zero-order valence-corrected chi connectivity index (χ0v) is 15.2. The van der Waals surface area contributed by atoms with Gasteiger partial charge in [0.1, 0.15) is 0 Å². The van der Waals surface area contributed by atoms with Crippen LogP contribution >= 0.6 is 0 Å². The maximum absolute atomic E-state index is 12.7. The fourth-order valence-corrected chi connectivity index (χ4v) is 2.51. The van der Waals surface area contributed by atoms with Crippen LogP contribution in [0.3, 0.4) is 0 Å². The van der Waals surface area contributed by atoms with Gasteiger partial charge in [-0.15, -0.1) is 0 Å². The molecule has 2 amide bonds. The van der Waals surface area contributed by atoms with Crippen molar-refractivity contribution in [3.05, 3.63) is 24.0 Å². The lowest BCUT2D eigenvalue weighted by atomic mass is 10.2. The van der Waals surface area contributed by atoms with E-state index < -0.39 is 0 Å². The number of nitrogens with zero attached hydrogens (tertiary/aromatic N) is 3. The third kappa shape index (κ3) is 6.47. The number of hydrogen-bond acceptors (Lipinski definition) is 2. The molecule has 1 aromatic rings. The van der Waals surface area contributed by atoms with Gasteiger partial charge in [-0.2, -0.15) is 0 Å². The molecule has 0 aliphatic carbocycles. The van der Waals surface area contributed by atoms with E-state index in [2.05, 4.69) is 20.8 Å². The predicted octanol–water partition coefficient (Wildman–Crippen LogP) is 2.66. The van der Waals surface area contributed by atoms with Crippen LogP contribution in [0.25, 0.3) is 0 Å². The lowest BCUT2D eigenvalue weighted by Gasteiger charge is -2.28. The van der Waals surface area contributed by atoms with Gasteiger partial charge >= 0.3 is 0 Å². The van der Waals surface area contributed by atoms with Crippen LogP contribution in [0.1, 0.15) is 46.2 Å². The molecule has 0 aliphatic heterocycles. The fraction of sp³-hybridized carbons (Fsp3) is 0.667. The Balaban J connectivity index is 2.77. The highest BCUT2D eigenvalue weighted by molar-refractivity contribution is 5.83. The summed E-state index contributed by atoms with van der Waals surface area (Å²) in [6, 6.07) is 4.02. The molecule has 0 atom stereocenters. The van der Waals surface area contributed by atoms with Gasteiger partial charge in [0.05, 0.1) is 13.1 Å². The lowest BCUT2D eigenvalue weighted by Crippen LogP contribution is -2.43. The van der Waals surface area contributed by atoms with Crippen LogP contribution in [0.2, 0.25) is 0 Å². The molecule has 130 valence electrons. The standard InChI is InChI=1S/C18H31N3O2/c1-6-7-11-20(13-17-9-8-10-19(17)5)18(23)14-21(16(4)22)12-15(2)3/h8-10,15H,6-7,11-14H2,1-5H3. The molecule has 0 aliphatic rings. The number of aromatic nitrogens is 1. The van der Waals surface area contributed by atoms with E-state index in [9.17, 15) is 9.59 Å². The summed E-state index contributed by atoms with van der Waals surface area (Å²) in [5.41, 5.74) is 1.10. The third-order valence-corrected chi connectivity index (χ3v) is 3.90. The molecule has 0 spiro atoms. The Morgan fingerprint density at radius 3 is 2.43 bits per heavy atom. The second-order valence-electron chi connectivity index (χ2n) is 6.57. The summed E-state index contributed by atoms with van der Waals surface area (Å²) in [5, 5.41) is 0. The van der Waals surface area contributed by atoms with E-state index in [-0.39, 0.29) is 18.4 Å². The van der Waals surface area contributed by atoms with Gasteiger partial charge in [0.25, 0.3) is 0 Å². The minimum Gasteiger partial charge on any atom is -0.353 e. The highest BCUT2D eigenvalue weighted by Gasteiger charge is 2.20. The minimum atomic E-state index is -0.0404. The first-order valence-corrected chi connectivity index (χ1v) is 8.48. The average molecular weight is 321 g/mol. The van der Waals surface area contributed by atoms with Crippen LogP contribution in [-0.2, 0) is 23.2 Å². The molecule has 0 bridgehead atoms. The quantitative estimate of drug-likeness (QED) is 0.702. The van der Waals surface area contributed by atoms with Gasteiger partial charge in [-0.1, -0.05) is 27.2 Å². The molecule has 1 aromatic heterocycles. The number of carbonyl (C=O) groups excluding carboxylic acids is 2. The van der Waals surface area contributed by atoms with Crippen molar-refractivity contribution in [1.82, 2.24) is 14.4 Å². The van der Waals surface area contributed by atoms with Crippen LogP contribution in [0, 0.1) is 5.92 Å². The Morgan fingerprint density at radius 1 is 1.26 bits per heavy atom. The van der Waals surface area contributed by atoms with E-state index in [0.717, 1.165) is 25.1 Å². The zero-order chi connectivity index (χ0) is 17.4. The van der Waals surface area contributed by atoms with Crippen LogP contribution < -0.4 is 0 Å². The normalized spacial score (nSPS) is 10.9. The lowest BCUT2D eigenvalue weighted by molar-refractivity contribution is -0.140. The van der Waals surface area contributed by atoms with Gasteiger partial charge in [-0.3, -0.25) is 9.59 Å². The number of aryl methyl sites for hydroxylation is 1. The third-order valence-electron chi connectivity index (χ3n) is 3.90. The van der Waals surface area contributed by atoms with E-state index in [1.54, 1.807) is 4.90 Å². The first-order chi connectivity index (χ1) is 10.8. The molecular formula is C18H31N3O2. The zero-order valence-electron chi connectivity index (χ0n) is 15.2. The Kier molecular flexibility index (Phi) is 7.86. The van der Waals surface area contributed by atoms with Crippen LogP contribution in [0.15, 0.2) is 18.3 Å². The molecular weight excluding hydrogens is 290 g/mol. The molecule has 0 N–H and O–H groups in total. The monoisotopic (exact) mass is 321 g/mol. The largest absolute Gasteiger partial charge is 0.353 e. The molecule has 0 fully saturated rings. The predicted molar refractivity (Wildman–Crippen MR) is 92.8 cm³/mol. The molecule has 1 heterocycles. The van der Waals surface area contributed by atoms with Crippen molar-refractivity contribution in [2.24, 2.45) is 13.0 Å². The van der Waals surface area contributed by atoms with Gasteiger partial charge < -0.3 is 14.4 Å². The van der Waals surface area contributed by atoms with Gasteiger partial charge in [0.15, 0.2) is 0 Å². The van der Waals surface area contributed by atoms with E-state index >= 15 is 0 Å². The van der Waals surface area contributed by atoms with Crippen molar-refractivity contribution in [3.8, 4) is 0 Å². The van der Waals surface area contributed by atoms with Crippen LogP contribution in [-0.4, -0.2) is 45.8 Å². The Labute approximate surface area is 140 Å². The first kappa shape index (κ1) is 19.3. The van der Waals surface area contributed by atoms with E-state index in [4.69, 9.17) is 0 Å². The number of amides is 2. The van der Waals surface area contributed by atoms with Crippen molar-refractivity contribution < 1.29 is 9.59 Å². The second-order valence-corrected chi connectivity index (χ2v) is 6.57. The summed E-state index contributed by atoms with van der Waals surface area (Å²) in [7, 11) is 1.98. The number of hydrogen-bond donors (Lipinski definition) is 0. The summed E-state index contributed by atoms with van der Waals surface area (Å²) >= 11 is 0. The molecule has 5 nitrogen and oxygen atoms in total. The smallest absolute Gasteiger partial charge is 0.242 e. The number of unbranched alkanes of at least 4 members (excludes halogenated alkanes) is 1. The molecule has 0 aromatic carbocycles. The topological polar surface area (TPSA) is 45.6 Å². The van der Waals surface area contributed by atoms with Gasteiger partial charge in [-0.25, -0.2) is 0 Å². The summed E-state index contributed by atoms with van der Waals surface area (Å²) in [6.07, 6.45) is 4.00. The van der Waals surface area contributed by atoms with Crippen molar-refractivity contribution >= 4 is 11.8 Å². The fourth-order valence-electron chi connectivity index (χ4n) is 2.51. The Morgan fingerprint density at radius 2 is 1.96 bits per heavy atom. The van der Waals surface area contributed by atoms with Crippen molar-refractivity contribution in [3.63, 3.8) is 0 Å². The van der Waals surface area contributed by atoms with E-state index in [0.29, 0.717) is 19.0 Å². The molecule has 23 heavy (non-hydrogen) atoms. The maximum Gasteiger partial charge on any atom is 0.242 e. The van der Waals surface area contributed by atoms with Gasteiger partial charge in [0.2, 0.25) is 11.8 Å². The van der Waals surface area contributed by atoms with Crippen LogP contribution in [0.5, 0.6) is 0 Å². The van der Waals surface area contributed by atoms with Crippen LogP contribution in [0.4, 0.5) is 0 Å². The van der Waals surface area contributed by atoms with E-state index in [1.807, 2.05) is 34.8 Å². The molecule has 0 radical (unpaired) electrons. The summed E-state index contributed by atoms with van der Waals surface area (Å²) in [5.74, 6) is 0.334. The minimum absolute atomic E-state index is 0.0236. The SMILES string of the molecule is CCCCN(Cc1cccn1C)C(=O)CN(CC(C)C)C(C)=O. The summed E-state index contributed by atoms with van der Waals surface area (Å²) < 4.78 is 2.03. The number of carbonyl (C=O) groups is 2. The van der Waals surface area contributed by atoms with Gasteiger partial charge in [-0.05, 0) is 24.5 Å². The molecule has 1 rings (SSSR count). The average Bonchev–Trinajstić information content (AvgIpc) is 2.87. The highest BCUT2D eigenvalue weighted by Crippen LogP contribution is 2.09. The maximum atomic E-state index is 12.7. The van der Waals surface area contributed by atoms with Gasteiger partial charge in [0, 0.05) is 39.0 Å². The first-order valence-electron chi connectivity index (χ1n) is 8.48. The Hall–Kier alpha value is -1.78. The summed E-state index contributed by atoms with van der Waals surface area (Å²) in [4.78, 5) is 28.0.